The minimum absolute atomic E-state index is 0.0616. The van der Waals surface area contributed by atoms with Crippen molar-refractivity contribution >= 4 is 11.7 Å². The Kier molecular flexibility index (Phi) is 5.71. The molecule has 6 nitrogen and oxygen atoms in total. The highest BCUT2D eigenvalue weighted by molar-refractivity contribution is 5.90. The monoisotopic (exact) mass is 436 g/mol. The van der Waals surface area contributed by atoms with Gasteiger partial charge in [0.15, 0.2) is 0 Å². The first-order chi connectivity index (χ1) is 15.5. The van der Waals surface area contributed by atoms with Crippen LogP contribution < -0.4 is 11.1 Å². The number of carbonyl (C=O) groups is 1. The van der Waals surface area contributed by atoms with E-state index in [-0.39, 0.29) is 30.0 Å². The van der Waals surface area contributed by atoms with Gasteiger partial charge in [0.05, 0.1) is 12.7 Å². The molecule has 7 heteroatoms. The number of benzene rings is 2. The average Bonchev–Trinajstić information content (AvgIpc) is 3.36. The lowest BCUT2D eigenvalue weighted by Gasteiger charge is -2.39. The summed E-state index contributed by atoms with van der Waals surface area (Å²) in [6, 6.07) is 14.3. The van der Waals surface area contributed by atoms with E-state index < -0.39 is 0 Å². The number of anilines is 1. The van der Waals surface area contributed by atoms with Crippen molar-refractivity contribution < 1.29 is 13.9 Å². The van der Waals surface area contributed by atoms with E-state index in [4.69, 9.17) is 10.5 Å². The lowest BCUT2D eigenvalue weighted by Crippen LogP contribution is -2.49. The van der Waals surface area contributed by atoms with Crippen LogP contribution in [0.15, 0.2) is 59.7 Å². The first kappa shape index (κ1) is 21.1. The van der Waals surface area contributed by atoms with E-state index in [2.05, 4.69) is 10.2 Å². The van der Waals surface area contributed by atoms with Gasteiger partial charge in [-0.3, -0.25) is 4.90 Å². The fraction of sp³-hybridized carbons (Fsp3) is 0.400. The summed E-state index contributed by atoms with van der Waals surface area (Å²) < 4.78 is 19.9. The van der Waals surface area contributed by atoms with Crippen molar-refractivity contribution in [1.82, 2.24) is 9.80 Å². The second-order valence-electron chi connectivity index (χ2n) is 9.07. The Morgan fingerprint density at radius 3 is 2.50 bits per heavy atom. The van der Waals surface area contributed by atoms with Gasteiger partial charge in [0, 0.05) is 44.0 Å². The van der Waals surface area contributed by atoms with Crippen LogP contribution in [0.2, 0.25) is 0 Å². The van der Waals surface area contributed by atoms with Crippen LogP contribution >= 0.6 is 0 Å². The van der Waals surface area contributed by atoms with Gasteiger partial charge in [-0.15, -0.1) is 0 Å². The number of nitrogens with two attached hydrogens (primary N) is 1. The second-order valence-corrected chi connectivity index (χ2v) is 9.07. The molecule has 168 valence electrons. The number of halogens is 1. The minimum Gasteiger partial charge on any atom is -0.370 e. The van der Waals surface area contributed by atoms with Gasteiger partial charge in [0.25, 0.3) is 0 Å². The largest absolute Gasteiger partial charge is 0.370 e. The number of ether oxygens (including phenoxy) is 1. The number of nitrogens with one attached hydrogen (secondary N) is 1. The minimum atomic E-state index is -0.276. The molecule has 3 atom stereocenters. The van der Waals surface area contributed by atoms with E-state index in [1.807, 2.05) is 42.2 Å². The second kappa shape index (κ2) is 8.65. The lowest BCUT2D eigenvalue weighted by atomic mass is 9.91. The zero-order chi connectivity index (χ0) is 22.2. The number of amides is 2. The predicted molar refractivity (Wildman–Crippen MR) is 122 cm³/mol. The lowest BCUT2D eigenvalue weighted by molar-refractivity contribution is -0.0456. The molecule has 0 aliphatic carbocycles. The number of para-hydroxylation sites is 1. The molecule has 3 aliphatic heterocycles. The molecule has 1 saturated heterocycles. The van der Waals surface area contributed by atoms with Crippen molar-refractivity contribution in [2.75, 3.05) is 38.1 Å². The van der Waals surface area contributed by atoms with Gasteiger partial charge in [0.1, 0.15) is 5.82 Å². The molecular formula is C25H29FN4O2. The van der Waals surface area contributed by atoms with Gasteiger partial charge >= 0.3 is 6.03 Å². The fourth-order valence-electron chi connectivity index (χ4n) is 5.07. The molecule has 2 amide bonds. The summed E-state index contributed by atoms with van der Waals surface area (Å²) in [4.78, 5) is 16.9. The van der Waals surface area contributed by atoms with Crippen LogP contribution in [0.3, 0.4) is 0 Å². The molecule has 5 rings (SSSR count). The van der Waals surface area contributed by atoms with Crippen LogP contribution in [0.5, 0.6) is 0 Å². The zero-order valence-corrected chi connectivity index (χ0v) is 18.3. The van der Waals surface area contributed by atoms with Crippen molar-refractivity contribution in [2.45, 2.75) is 31.5 Å². The third-order valence-electron chi connectivity index (χ3n) is 6.83. The van der Waals surface area contributed by atoms with Crippen LogP contribution in [0, 0.1) is 12.7 Å². The van der Waals surface area contributed by atoms with Crippen LogP contribution in [0.4, 0.5) is 14.9 Å². The third-order valence-corrected chi connectivity index (χ3v) is 6.83. The van der Waals surface area contributed by atoms with Crippen LogP contribution in [0.1, 0.15) is 23.7 Å². The molecule has 0 bridgehead atoms. The zero-order valence-electron chi connectivity index (χ0n) is 18.3. The van der Waals surface area contributed by atoms with Crippen LogP contribution in [-0.4, -0.2) is 60.7 Å². The standard InChI is InChI=1S/C25H29FN4O2/c1-16-7-8-19(26)9-22(16)24-23(27)10-21(15-32-24)29-11-17-13-30(14-18(17)12-29)25(31)28-20-5-3-2-4-6-20/h2-9,21,23-24H,10-15,27H2,1H3,(H,28,31)/t21-,23+,24-/m1/s1. The summed E-state index contributed by atoms with van der Waals surface area (Å²) >= 11 is 0. The summed E-state index contributed by atoms with van der Waals surface area (Å²) in [6.45, 7) is 5.55. The number of hydrogen-bond donors (Lipinski definition) is 2. The molecule has 0 saturated carbocycles. The topological polar surface area (TPSA) is 70.8 Å². The quantitative estimate of drug-likeness (QED) is 0.723. The van der Waals surface area contributed by atoms with E-state index in [1.54, 1.807) is 12.1 Å². The van der Waals surface area contributed by atoms with Crippen molar-refractivity contribution in [3.63, 3.8) is 0 Å². The Hall–Kier alpha value is -2.74. The van der Waals surface area contributed by atoms with Gasteiger partial charge in [-0.1, -0.05) is 24.3 Å². The maximum Gasteiger partial charge on any atom is 0.322 e. The van der Waals surface area contributed by atoms with Gasteiger partial charge < -0.3 is 20.7 Å². The Bertz CT molecular complexity index is 1020. The fourth-order valence-corrected chi connectivity index (χ4v) is 5.07. The Labute approximate surface area is 187 Å². The number of nitrogens with zero attached hydrogens (tertiary/aromatic N) is 2. The summed E-state index contributed by atoms with van der Waals surface area (Å²) in [5, 5.41) is 2.97. The Morgan fingerprint density at radius 1 is 1.09 bits per heavy atom. The van der Waals surface area contributed by atoms with E-state index in [0.717, 1.165) is 36.3 Å². The SMILES string of the molecule is Cc1ccc(F)cc1[C@H]1OC[C@H](N2CC3=C(CN(C(=O)Nc4ccccc4)C3)C2)C[C@@H]1N. The molecule has 3 heterocycles. The maximum absolute atomic E-state index is 13.8. The van der Waals surface area contributed by atoms with Crippen molar-refractivity contribution in [3.8, 4) is 0 Å². The number of hydrogen-bond acceptors (Lipinski definition) is 4. The predicted octanol–water partition coefficient (Wildman–Crippen LogP) is 3.45. The van der Waals surface area contributed by atoms with Crippen molar-refractivity contribution in [2.24, 2.45) is 5.73 Å². The van der Waals surface area contributed by atoms with E-state index in [0.29, 0.717) is 19.7 Å². The molecular weight excluding hydrogens is 407 g/mol. The first-order valence-corrected chi connectivity index (χ1v) is 11.2. The summed E-state index contributed by atoms with van der Waals surface area (Å²) in [5.41, 5.74) is 11.8. The highest BCUT2D eigenvalue weighted by atomic mass is 19.1. The molecule has 0 spiro atoms. The van der Waals surface area contributed by atoms with Gasteiger partial charge in [0.2, 0.25) is 0 Å². The van der Waals surface area contributed by atoms with Crippen LogP contribution in [-0.2, 0) is 4.74 Å². The highest BCUT2D eigenvalue weighted by Gasteiger charge is 2.39. The first-order valence-electron chi connectivity index (χ1n) is 11.2. The molecule has 1 fully saturated rings. The van der Waals surface area contributed by atoms with E-state index in [1.165, 1.54) is 17.2 Å². The number of urea groups is 1. The number of aryl methyl sites for hydroxylation is 1. The summed E-state index contributed by atoms with van der Waals surface area (Å²) in [7, 11) is 0. The molecule has 0 unspecified atom stereocenters. The third kappa shape index (κ3) is 4.16. The van der Waals surface area contributed by atoms with Gasteiger partial charge in [-0.05, 0) is 59.9 Å². The highest BCUT2D eigenvalue weighted by Crippen LogP contribution is 2.34. The average molecular weight is 437 g/mol. The molecule has 2 aromatic rings. The van der Waals surface area contributed by atoms with E-state index in [9.17, 15) is 9.18 Å². The maximum atomic E-state index is 13.8. The van der Waals surface area contributed by atoms with Crippen molar-refractivity contribution in [1.29, 1.82) is 0 Å². The van der Waals surface area contributed by atoms with Gasteiger partial charge in [-0.2, -0.15) is 0 Å². The van der Waals surface area contributed by atoms with E-state index >= 15 is 0 Å². The molecule has 2 aromatic carbocycles. The summed E-state index contributed by atoms with van der Waals surface area (Å²) in [5.74, 6) is -0.260. The number of rotatable bonds is 3. The molecule has 32 heavy (non-hydrogen) atoms. The van der Waals surface area contributed by atoms with Gasteiger partial charge in [-0.25, -0.2) is 9.18 Å². The van der Waals surface area contributed by atoms with Crippen molar-refractivity contribution in [3.05, 3.63) is 76.6 Å². The smallest absolute Gasteiger partial charge is 0.322 e. The molecule has 3 N–H and O–H groups in total. The normalized spacial score (nSPS) is 25.8. The number of carbonyl (C=O) groups excluding carboxylic acids is 1. The van der Waals surface area contributed by atoms with Crippen LogP contribution in [0.25, 0.3) is 0 Å². The Morgan fingerprint density at radius 2 is 1.81 bits per heavy atom. The Balaban J connectivity index is 1.15. The molecule has 0 aromatic heterocycles. The summed E-state index contributed by atoms with van der Waals surface area (Å²) in [6.07, 6.45) is 0.529. The molecule has 3 aliphatic rings. The molecule has 0 radical (unpaired) electrons.